The molecule has 0 aromatic carbocycles. The van der Waals surface area contributed by atoms with E-state index in [0.29, 0.717) is 0 Å². The van der Waals surface area contributed by atoms with Crippen molar-refractivity contribution >= 4 is 5.91 Å². The van der Waals surface area contributed by atoms with Crippen molar-refractivity contribution in [1.82, 2.24) is 5.48 Å². The molecular weight excluding hydrogens is 187 g/mol. The zero-order chi connectivity index (χ0) is 10.7. The van der Waals surface area contributed by atoms with Crippen LogP contribution in [-0.4, -0.2) is 18.7 Å². The van der Waals surface area contributed by atoms with Crippen LogP contribution in [0.15, 0.2) is 0 Å². The van der Waals surface area contributed by atoms with E-state index in [9.17, 15) is 18.0 Å². The highest BCUT2D eigenvalue weighted by Gasteiger charge is 2.29. The van der Waals surface area contributed by atoms with Crippen LogP contribution in [0.3, 0.4) is 0 Å². The van der Waals surface area contributed by atoms with E-state index >= 15 is 0 Å². The molecule has 0 heterocycles. The molecule has 78 valence electrons. The average molecular weight is 199 g/mol. The van der Waals surface area contributed by atoms with Crippen LogP contribution in [0.4, 0.5) is 13.2 Å². The van der Waals surface area contributed by atoms with Crippen LogP contribution in [-0.2, 0) is 9.63 Å². The van der Waals surface area contributed by atoms with E-state index in [1.54, 1.807) is 26.3 Å². The number of hydrogen-bond acceptors (Lipinski definition) is 2. The Balaban J connectivity index is 3.74. The third-order valence-corrected chi connectivity index (χ3v) is 1.08. The number of alkyl halides is 3. The molecule has 3 nitrogen and oxygen atoms in total. The van der Waals surface area contributed by atoms with Crippen LogP contribution in [0, 0.1) is 5.41 Å². The van der Waals surface area contributed by atoms with Gasteiger partial charge in [0, 0.05) is 5.41 Å². The molecule has 0 fully saturated rings. The Hall–Kier alpha value is -0.780. The Labute approximate surface area is 74.2 Å². The average Bonchev–Trinajstić information content (AvgIpc) is 1.82. The zero-order valence-electron chi connectivity index (χ0n) is 7.66. The third kappa shape index (κ3) is 6.39. The number of carbonyl (C=O) groups is 1. The maximum absolute atomic E-state index is 11.5. The summed E-state index contributed by atoms with van der Waals surface area (Å²) >= 11 is 0. The molecule has 0 saturated heterocycles. The first-order valence-corrected chi connectivity index (χ1v) is 3.62. The van der Waals surface area contributed by atoms with Crippen molar-refractivity contribution in [3.8, 4) is 0 Å². The maximum Gasteiger partial charge on any atom is 0.414 e. The highest BCUT2D eigenvalue weighted by atomic mass is 19.4. The fraction of sp³-hybridized carbons (Fsp3) is 0.857. The summed E-state index contributed by atoms with van der Waals surface area (Å²) in [6.45, 7) is 3.23. The highest BCUT2D eigenvalue weighted by Crippen LogP contribution is 2.15. The van der Waals surface area contributed by atoms with E-state index in [1.165, 1.54) is 0 Å². The number of nitrogens with one attached hydrogen (secondary N) is 1. The van der Waals surface area contributed by atoms with Crippen molar-refractivity contribution in [2.75, 3.05) is 6.61 Å². The first-order chi connectivity index (χ1) is 5.63. The number of hydroxylamine groups is 1. The minimum atomic E-state index is -4.43. The molecule has 0 aliphatic carbocycles. The SMILES string of the molecule is CC(C)(C)C(=O)NOCC(F)(F)F. The van der Waals surface area contributed by atoms with E-state index in [-0.39, 0.29) is 0 Å². The predicted octanol–water partition coefficient (Wildman–Crippen LogP) is 1.64. The van der Waals surface area contributed by atoms with Crippen LogP contribution in [0.25, 0.3) is 0 Å². The second-order valence-corrected chi connectivity index (χ2v) is 3.59. The smallest absolute Gasteiger partial charge is 0.272 e. The lowest BCUT2D eigenvalue weighted by Crippen LogP contribution is -2.37. The Kier molecular flexibility index (Phi) is 3.71. The van der Waals surface area contributed by atoms with Crippen molar-refractivity contribution < 1.29 is 22.8 Å². The quantitative estimate of drug-likeness (QED) is 0.686. The monoisotopic (exact) mass is 199 g/mol. The molecule has 0 bridgehead atoms. The molecule has 0 aromatic heterocycles. The third-order valence-electron chi connectivity index (χ3n) is 1.08. The zero-order valence-corrected chi connectivity index (χ0v) is 7.66. The molecule has 0 radical (unpaired) electrons. The molecule has 6 heteroatoms. The highest BCUT2D eigenvalue weighted by molar-refractivity contribution is 5.80. The lowest BCUT2D eigenvalue weighted by molar-refractivity contribution is -0.193. The van der Waals surface area contributed by atoms with Crippen molar-refractivity contribution in [2.24, 2.45) is 5.41 Å². The molecular formula is C7H12F3NO2. The first kappa shape index (κ1) is 12.2. The maximum atomic E-state index is 11.5. The molecule has 0 aliphatic heterocycles. The van der Waals surface area contributed by atoms with E-state index in [1.807, 2.05) is 0 Å². The van der Waals surface area contributed by atoms with Crippen molar-refractivity contribution in [2.45, 2.75) is 26.9 Å². The summed E-state index contributed by atoms with van der Waals surface area (Å²) in [7, 11) is 0. The number of rotatable bonds is 2. The molecule has 0 atom stereocenters. The largest absolute Gasteiger partial charge is 0.414 e. The van der Waals surface area contributed by atoms with Crippen LogP contribution in [0.5, 0.6) is 0 Å². The standard InChI is InChI=1S/C7H12F3NO2/c1-6(2,3)5(12)11-13-4-7(8,9)10/h4H2,1-3H3,(H,11,12). The second-order valence-electron chi connectivity index (χ2n) is 3.59. The summed E-state index contributed by atoms with van der Waals surface area (Å²) < 4.78 is 34.6. The molecule has 1 amide bonds. The Morgan fingerprint density at radius 2 is 1.77 bits per heavy atom. The van der Waals surface area contributed by atoms with E-state index in [2.05, 4.69) is 4.84 Å². The van der Waals surface area contributed by atoms with Gasteiger partial charge in [-0.3, -0.25) is 9.63 Å². The molecule has 0 spiro atoms. The molecule has 0 rings (SSSR count). The number of amides is 1. The molecule has 0 saturated carbocycles. The Morgan fingerprint density at radius 1 is 1.31 bits per heavy atom. The second kappa shape index (κ2) is 3.95. The first-order valence-electron chi connectivity index (χ1n) is 3.62. The van der Waals surface area contributed by atoms with Crippen molar-refractivity contribution in [1.29, 1.82) is 0 Å². The number of halogens is 3. The van der Waals surface area contributed by atoms with Gasteiger partial charge in [-0.05, 0) is 0 Å². The van der Waals surface area contributed by atoms with Crippen LogP contribution >= 0.6 is 0 Å². The molecule has 0 aliphatic rings. The number of hydrogen-bond donors (Lipinski definition) is 1. The van der Waals surface area contributed by atoms with Gasteiger partial charge in [0.1, 0.15) is 0 Å². The minimum Gasteiger partial charge on any atom is -0.272 e. The topological polar surface area (TPSA) is 38.3 Å². The molecule has 1 N–H and O–H groups in total. The minimum absolute atomic E-state index is 0.586. The summed E-state index contributed by atoms with van der Waals surface area (Å²) in [5.74, 6) is -0.586. The molecule has 0 unspecified atom stereocenters. The van der Waals surface area contributed by atoms with E-state index in [0.717, 1.165) is 0 Å². The fourth-order valence-corrected chi connectivity index (χ4v) is 0.337. The van der Waals surface area contributed by atoms with Gasteiger partial charge < -0.3 is 0 Å². The summed E-state index contributed by atoms with van der Waals surface area (Å²) in [6.07, 6.45) is -4.43. The van der Waals surface area contributed by atoms with Gasteiger partial charge in [-0.15, -0.1) is 0 Å². The van der Waals surface area contributed by atoms with E-state index < -0.39 is 24.1 Å². The summed E-state index contributed by atoms with van der Waals surface area (Å²) in [5.41, 5.74) is 0.962. The van der Waals surface area contributed by atoms with Gasteiger partial charge in [0.05, 0.1) is 0 Å². The summed E-state index contributed by atoms with van der Waals surface area (Å²) in [4.78, 5) is 14.9. The number of carbonyl (C=O) groups excluding carboxylic acids is 1. The van der Waals surface area contributed by atoms with Gasteiger partial charge in [0.2, 0.25) is 5.91 Å². The predicted molar refractivity (Wildman–Crippen MR) is 39.6 cm³/mol. The van der Waals surface area contributed by atoms with Crippen molar-refractivity contribution in [3.63, 3.8) is 0 Å². The van der Waals surface area contributed by atoms with Crippen LogP contribution in [0.2, 0.25) is 0 Å². The Morgan fingerprint density at radius 3 is 2.08 bits per heavy atom. The molecule has 0 aromatic rings. The van der Waals surface area contributed by atoms with Crippen molar-refractivity contribution in [3.05, 3.63) is 0 Å². The summed E-state index contributed by atoms with van der Waals surface area (Å²) in [5, 5.41) is 0. The van der Waals surface area contributed by atoms with Gasteiger partial charge >= 0.3 is 6.18 Å². The van der Waals surface area contributed by atoms with Gasteiger partial charge in [-0.25, -0.2) is 5.48 Å². The Bertz CT molecular complexity index is 183. The van der Waals surface area contributed by atoms with Gasteiger partial charge in [-0.2, -0.15) is 13.2 Å². The normalized spacial score (nSPS) is 12.8. The van der Waals surface area contributed by atoms with Gasteiger partial charge in [0.25, 0.3) is 0 Å². The van der Waals surface area contributed by atoms with E-state index in [4.69, 9.17) is 0 Å². The van der Waals surface area contributed by atoms with Gasteiger partial charge in [-0.1, -0.05) is 20.8 Å². The van der Waals surface area contributed by atoms with Crippen LogP contribution < -0.4 is 5.48 Å². The fourth-order valence-electron chi connectivity index (χ4n) is 0.337. The van der Waals surface area contributed by atoms with Gasteiger partial charge in [0.15, 0.2) is 6.61 Å². The lowest BCUT2D eigenvalue weighted by Gasteiger charge is -2.17. The summed E-state index contributed by atoms with van der Waals surface area (Å²) in [6, 6.07) is 0. The lowest BCUT2D eigenvalue weighted by atomic mass is 9.96. The van der Waals surface area contributed by atoms with Crippen LogP contribution in [0.1, 0.15) is 20.8 Å². The molecule has 13 heavy (non-hydrogen) atoms.